The highest BCUT2D eigenvalue weighted by atomic mass is 19.2. The van der Waals surface area contributed by atoms with E-state index >= 15 is 0 Å². The number of rotatable bonds is 6. The van der Waals surface area contributed by atoms with Crippen LogP contribution in [0.4, 0.5) is 17.6 Å². The first-order valence-electron chi connectivity index (χ1n) is 7.80. The first-order chi connectivity index (χ1) is 12.1. The number of aldehydes is 1. The third kappa shape index (κ3) is 3.08. The minimum atomic E-state index is -1.71. The molecule has 1 aliphatic carbocycles. The summed E-state index contributed by atoms with van der Waals surface area (Å²) in [6.45, 7) is 4.14. The van der Waals surface area contributed by atoms with Crippen LogP contribution in [0.5, 0.6) is 5.75 Å². The number of benzene rings is 1. The number of ether oxygens (including phenoxy) is 2. The molecule has 0 amide bonds. The van der Waals surface area contributed by atoms with Crippen molar-refractivity contribution in [2.45, 2.75) is 27.4 Å². The molecule has 0 aliphatic heterocycles. The molecule has 1 aromatic carbocycles. The lowest BCUT2D eigenvalue weighted by Crippen LogP contribution is -2.14. The van der Waals surface area contributed by atoms with Crippen LogP contribution in [-0.2, 0) is 20.9 Å². The number of carbonyl (C=O) groups excluding carboxylic acids is 2. The number of allylic oxidation sites excluding steroid dienone is 2. The molecule has 0 bridgehead atoms. The van der Waals surface area contributed by atoms with E-state index in [9.17, 15) is 27.2 Å². The van der Waals surface area contributed by atoms with Crippen LogP contribution in [0, 0.1) is 40.5 Å². The molecular weight excluding hydrogens is 356 g/mol. The number of hydrogen-bond donors (Lipinski definition) is 0. The number of halogens is 4. The van der Waals surface area contributed by atoms with Gasteiger partial charge in [-0.15, -0.1) is 0 Å². The Hall–Kier alpha value is -2.38. The van der Waals surface area contributed by atoms with E-state index in [1.54, 1.807) is 26.8 Å². The van der Waals surface area contributed by atoms with Crippen LogP contribution >= 0.6 is 0 Å². The Kier molecular flexibility index (Phi) is 5.44. The van der Waals surface area contributed by atoms with Crippen molar-refractivity contribution in [1.29, 1.82) is 0 Å². The fraction of sp³-hybridized carbons (Fsp3) is 0.444. The fourth-order valence-corrected chi connectivity index (χ4v) is 3.22. The molecule has 0 radical (unpaired) electrons. The highest BCUT2D eigenvalue weighted by Gasteiger charge is 2.63. The monoisotopic (exact) mass is 374 g/mol. The van der Waals surface area contributed by atoms with E-state index in [0.717, 1.165) is 7.11 Å². The summed E-state index contributed by atoms with van der Waals surface area (Å²) < 4.78 is 64.4. The Bertz CT molecular complexity index is 757. The van der Waals surface area contributed by atoms with Gasteiger partial charge in [0.25, 0.3) is 0 Å². The summed E-state index contributed by atoms with van der Waals surface area (Å²) in [5, 5.41) is 0. The van der Waals surface area contributed by atoms with Crippen LogP contribution in [0.15, 0.2) is 11.6 Å². The van der Waals surface area contributed by atoms with Crippen LogP contribution in [0.2, 0.25) is 0 Å². The van der Waals surface area contributed by atoms with Crippen LogP contribution in [0.3, 0.4) is 0 Å². The average Bonchev–Trinajstić information content (AvgIpc) is 3.16. The van der Waals surface area contributed by atoms with E-state index in [1.165, 1.54) is 0 Å². The lowest BCUT2D eigenvalue weighted by atomic mass is 10.0. The highest BCUT2D eigenvalue weighted by Crippen LogP contribution is 2.61. The summed E-state index contributed by atoms with van der Waals surface area (Å²) in [4.78, 5) is 23.3. The molecule has 2 atom stereocenters. The molecule has 4 nitrogen and oxygen atoms in total. The molecule has 8 heteroatoms. The van der Waals surface area contributed by atoms with Gasteiger partial charge >= 0.3 is 5.97 Å². The molecule has 1 aliphatic rings. The van der Waals surface area contributed by atoms with E-state index in [1.807, 2.05) is 0 Å². The maximum absolute atomic E-state index is 13.9. The van der Waals surface area contributed by atoms with Gasteiger partial charge in [0.15, 0.2) is 17.4 Å². The topological polar surface area (TPSA) is 52.6 Å². The largest absolute Gasteiger partial charge is 0.491 e. The summed E-state index contributed by atoms with van der Waals surface area (Å²) >= 11 is 0. The molecule has 2 unspecified atom stereocenters. The minimum absolute atomic E-state index is 0.392. The summed E-state index contributed by atoms with van der Waals surface area (Å²) in [5.74, 6) is -9.89. The third-order valence-electron chi connectivity index (χ3n) is 4.79. The Morgan fingerprint density at radius 1 is 1.08 bits per heavy atom. The maximum Gasteiger partial charge on any atom is 0.310 e. The van der Waals surface area contributed by atoms with Gasteiger partial charge in [-0.05, 0) is 17.9 Å². The zero-order valence-electron chi connectivity index (χ0n) is 14.7. The molecule has 142 valence electrons. The van der Waals surface area contributed by atoms with Gasteiger partial charge in [0.1, 0.15) is 12.9 Å². The third-order valence-corrected chi connectivity index (χ3v) is 4.79. The van der Waals surface area contributed by atoms with Crippen LogP contribution in [0.25, 0.3) is 0 Å². The van der Waals surface area contributed by atoms with Gasteiger partial charge in [0.2, 0.25) is 11.6 Å². The SMILES string of the molecule is C/C=C(/C=O)C1C(C(=O)OCc2c(F)c(F)c(OC)c(F)c2F)C1(C)C. The van der Waals surface area contributed by atoms with Crippen molar-refractivity contribution in [2.75, 3.05) is 7.11 Å². The summed E-state index contributed by atoms with van der Waals surface area (Å²) in [6, 6.07) is 0. The van der Waals surface area contributed by atoms with Gasteiger partial charge in [-0.2, -0.15) is 8.78 Å². The van der Waals surface area contributed by atoms with Gasteiger partial charge in [-0.25, -0.2) is 8.78 Å². The fourth-order valence-electron chi connectivity index (χ4n) is 3.22. The van der Waals surface area contributed by atoms with E-state index < -0.39 is 64.4 Å². The molecule has 1 saturated carbocycles. The van der Waals surface area contributed by atoms with Crippen LogP contribution in [-0.4, -0.2) is 19.4 Å². The Morgan fingerprint density at radius 2 is 1.62 bits per heavy atom. The van der Waals surface area contributed by atoms with Crippen molar-refractivity contribution >= 4 is 12.3 Å². The zero-order chi connectivity index (χ0) is 19.8. The second-order valence-corrected chi connectivity index (χ2v) is 6.56. The van der Waals surface area contributed by atoms with E-state index in [4.69, 9.17) is 4.74 Å². The minimum Gasteiger partial charge on any atom is -0.491 e. The van der Waals surface area contributed by atoms with Gasteiger partial charge in [0.05, 0.1) is 18.6 Å². The first kappa shape index (κ1) is 19.9. The maximum atomic E-state index is 13.9. The zero-order valence-corrected chi connectivity index (χ0v) is 14.7. The second kappa shape index (κ2) is 7.09. The van der Waals surface area contributed by atoms with Gasteiger partial charge in [-0.3, -0.25) is 9.59 Å². The molecule has 0 saturated heterocycles. The van der Waals surface area contributed by atoms with Crippen molar-refractivity contribution in [3.05, 3.63) is 40.5 Å². The van der Waals surface area contributed by atoms with E-state index in [-0.39, 0.29) is 0 Å². The van der Waals surface area contributed by atoms with Crippen molar-refractivity contribution in [1.82, 2.24) is 0 Å². The van der Waals surface area contributed by atoms with Gasteiger partial charge in [-0.1, -0.05) is 19.9 Å². The van der Waals surface area contributed by atoms with Crippen molar-refractivity contribution < 1.29 is 36.6 Å². The molecular formula is C18H18F4O4. The summed E-state index contributed by atoms with van der Waals surface area (Å²) in [6.07, 6.45) is 2.20. The van der Waals surface area contributed by atoms with E-state index in [0.29, 0.717) is 11.9 Å². The molecule has 1 aromatic rings. The average molecular weight is 374 g/mol. The molecule has 2 rings (SSSR count). The van der Waals surface area contributed by atoms with E-state index in [2.05, 4.69) is 4.74 Å². The second-order valence-electron chi connectivity index (χ2n) is 6.56. The van der Waals surface area contributed by atoms with Crippen molar-refractivity contribution in [3.8, 4) is 5.75 Å². The lowest BCUT2D eigenvalue weighted by Gasteiger charge is -2.11. The molecule has 0 heterocycles. The van der Waals surface area contributed by atoms with Crippen molar-refractivity contribution in [2.24, 2.45) is 17.3 Å². The number of carbonyl (C=O) groups is 2. The van der Waals surface area contributed by atoms with Crippen molar-refractivity contribution in [3.63, 3.8) is 0 Å². The molecule has 1 fully saturated rings. The van der Waals surface area contributed by atoms with Gasteiger partial charge in [0, 0.05) is 5.92 Å². The quantitative estimate of drug-likeness (QED) is 0.250. The summed E-state index contributed by atoms with van der Waals surface area (Å²) in [7, 11) is 0.862. The predicted molar refractivity (Wildman–Crippen MR) is 83.2 cm³/mol. The first-order valence-corrected chi connectivity index (χ1v) is 7.80. The summed E-state index contributed by atoms with van der Waals surface area (Å²) in [5.41, 5.74) is -1.21. The number of esters is 1. The van der Waals surface area contributed by atoms with Crippen LogP contribution in [0.1, 0.15) is 26.3 Å². The molecule has 26 heavy (non-hydrogen) atoms. The highest BCUT2D eigenvalue weighted by molar-refractivity contribution is 5.84. The molecule has 0 spiro atoms. The number of methoxy groups -OCH3 is 1. The smallest absolute Gasteiger partial charge is 0.310 e. The lowest BCUT2D eigenvalue weighted by molar-refractivity contribution is -0.147. The van der Waals surface area contributed by atoms with Gasteiger partial charge < -0.3 is 9.47 Å². The Morgan fingerprint density at radius 3 is 2.04 bits per heavy atom. The standard InChI is InChI=1S/C18H18F4O4/c1-5-8(6-23)10-11(18(10,2)3)17(24)26-7-9-12(19)14(21)16(25-4)15(22)13(9)20/h5-6,10-11H,7H2,1-4H3/b8-5-. The van der Waals surface area contributed by atoms with Crippen LogP contribution < -0.4 is 4.74 Å². The Balaban J connectivity index is 2.20. The number of hydrogen-bond acceptors (Lipinski definition) is 4. The predicted octanol–water partition coefficient (Wildman–Crippen LogP) is 3.71. The molecule has 0 aromatic heterocycles. The Labute approximate surface area is 147 Å². The molecule has 0 N–H and O–H groups in total. The normalized spacial score (nSPS) is 21.3.